The zero-order valence-electron chi connectivity index (χ0n) is 16.3. The molecule has 2 aromatic rings. The van der Waals surface area contributed by atoms with Gasteiger partial charge >= 0.3 is 12.0 Å². The van der Waals surface area contributed by atoms with Crippen molar-refractivity contribution in [2.75, 3.05) is 13.7 Å². The Labute approximate surface area is 175 Å². The van der Waals surface area contributed by atoms with E-state index in [1.54, 1.807) is 0 Å². The summed E-state index contributed by atoms with van der Waals surface area (Å²) in [7, 11) is 1.19. The number of amides is 3. The molecule has 1 N–H and O–H groups in total. The number of hydrogen-bond donors (Lipinski definition) is 1. The van der Waals surface area contributed by atoms with Crippen LogP contribution in [0.4, 0.5) is 10.5 Å². The first-order chi connectivity index (χ1) is 14.8. The molecule has 160 valence electrons. The molecule has 31 heavy (non-hydrogen) atoms. The third-order valence-corrected chi connectivity index (χ3v) is 4.19. The number of carbonyl (C=O) groups excluding carboxylic acids is 3. The van der Waals surface area contributed by atoms with Crippen LogP contribution in [0.5, 0.6) is 5.75 Å². The fourth-order valence-electron chi connectivity index (χ4n) is 2.74. The van der Waals surface area contributed by atoms with Crippen molar-refractivity contribution in [3.63, 3.8) is 0 Å². The Morgan fingerprint density at radius 1 is 1.32 bits per heavy atom. The molecule has 1 aliphatic heterocycles. The van der Waals surface area contributed by atoms with E-state index in [1.165, 1.54) is 49.6 Å². The van der Waals surface area contributed by atoms with Crippen LogP contribution in [0.2, 0.25) is 0 Å². The van der Waals surface area contributed by atoms with Crippen LogP contribution < -0.4 is 10.1 Å². The van der Waals surface area contributed by atoms with Crippen molar-refractivity contribution in [3.05, 3.63) is 75.9 Å². The van der Waals surface area contributed by atoms with Gasteiger partial charge in [0.25, 0.3) is 11.6 Å². The predicted octanol–water partition coefficient (Wildman–Crippen LogP) is 2.63. The molecule has 1 fully saturated rings. The molecule has 3 rings (SSSR count). The number of carbonyl (C=O) groups is 3. The number of benzene rings is 1. The van der Waals surface area contributed by atoms with Crippen LogP contribution in [-0.4, -0.2) is 41.4 Å². The van der Waals surface area contributed by atoms with Crippen molar-refractivity contribution < 1.29 is 33.2 Å². The van der Waals surface area contributed by atoms with Gasteiger partial charge in [0, 0.05) is 17.7 Å². The SMILES string of the molecule is C=CCOc1ccc([N+](=O)[O-])cc1/C=C1\NC(=O)N(Cc2ccc(C(=O)OC)o2)C1=O. The Morgan fingerprint density at radius 3 is 2.77 bits per heavy atom. The summed E-state index contributed by atoms with van der Waals surface area (Å²) in [6, 6.07) is 5.97. The first-order valence-corrected chi connectivity index (χ1v) is 8.87. The Balaban J connectivity index is 1.86. The van der Waals surface area contributed by atoms with E-state index in [2.05, 4.69) is 16.6 Å². The third-order valence-electron chi connectivity index (χ3n) is 4.19. The molecule has 0 saturated carbocycles. The highest BCUT2D eigenvalue weighted by molar-refractivity contribution is 6.14. The highest BCUT2D eigenvalue weighted by Gasteiger charge is 2.34. The van der Waals surface area contributed by atoms with E-state index in [1.807, 2.05) is 0 Å². The van der Waals surface area contributed by atoms with Gasteiger partial charge in [0.2, 0.25) is 5.76 Å². The van der Waals surface area contributed by atoms with Crippen LogP contribution in [0, 0.1) is 10.1 Å². The van der Waals surface area contributed by atoms with Crippen LogP contribution in [0.3, 0.4) is 0 Å². The van der Waals surface area contributed by atoms with E-state index < -0.39 is 22.8 Å². The van der Waals surface area contributed by atoms with Crippen molar-refractivity contribution >= 4 is 29.7 Å². The molecule has 1 aliphatic rings. The predicted molar refractivity (Wildman–Crippen MR) is 106 cm³/mol. The summed E-state index contributed by atoms with van der Waals surface area (Å²) in [5.74, 6) is -0.979. The molecule has 1 aromatic carbocycles. The number of rotatable bonds is 8. The lowest BCUT2D eigenvalue weighted by Crippen LogP contribution is -2.30. The number of urea groups is 1. The molecule has 11 heteroatoms. The molecule has 1 saturated heterocycles. The van der Waals surface area contributed by atoms with E-state index in [4.69, 9.17) is 9.15 Å². The molecule has 0 atom stereocenters. The maximum atomic E-state index is 12.7. The minimum Gasteiger partial charge on any atom is -0.489 e. The van der Waals surface area contributed by atoms with Crippen molar-refractivity contribution in [1.82, 2.24) is 10.2 Å². The summed E-state index contributed by atoms with van der Waals surface area (Å²) in [5, 5.41) is 13.5. The monoisotopic (exact) mass is 427 g/mol. The standard InChI is InChI=1S/C20H17N3O8/c1-3-8-30-16-6-4-13(23(27)28)9-12(16)10-15-18(24)22(20(26)21-15)11-14-5-7-17(31-14)19(25)29-2/h3-7,9-10H,1,8,11H2,2H3,(H,21,26)/b15-10-. The summed E-state index contributed by atoms with van der Waals surface area (Å²) in [6.07, 6.45) is 2.78. The molecule has 0 aliphatic carbocycles. The quantitative estimate of drug-likeness (QED) is 0.169. The fraction of sp³-hybridized carbons (Fsp3) is 0.150. The van der Waals surface area contributed by atoms with Gasteiger partial charge < -0.3 is 19.2 Å². The minimum absolute atomic E-state index is 0.0686. The van der Waals surface area contributed by atoms with Gasteiger partial charge in [-0.25, -0.2) is 9.59 Å². The largest absolute Gasteiger partial charge is 0.489 e. The summed E-state index contributed by atoms with van der Waals surface area (Å²) in [5.41, 5.74) is -0.0846. The Morgan fingerprint density at radius 2 is 2.10 bits per heavy atom. The van der Waals surface area contributed by atoms with Gasteiger partial charge in [0.1, 0.15) is 23.8 Å². The van der Waals surface area contributed by atoms with E-state index in [9.17, 15) is 24.5 Å². The second-order valence-corrected chi connectivity index (χ2v) is 6.22. The lowest BCUT2D eigenvalue weighted by molar-refractivity contribution is -0.384. The van der Waals surface area contributed by atoms with Gasteiger partial charge in [-0.1, -0.05) is 12.7 Å². The van der Waals surface area contributed by atoms with Gasteiger partial charge in [-0.3, -0.25) is 19.8 Å². The van der Waals surface area contributed by atoms with Gasteiger partial charge in [-0.05, 0) is 24.3 Å². The molecule has 0 unspecified atom stereocenters. The zero-order valence-corrected chi connectivity index (χ0v) is 16.3. The van der Waals surface area contributed by atoms with Crippen molar-refractivity contribution in [2.45, 2.75) is 6.54 Å². The number of nitrogens with one attached hydrogen (secondary N) is 1. The Bertz CT molecular complexity index is 1100. The summed E-state index contributed by atoms with van der Waals surface area (Å²) < 4.78 is 15.3. The molecule has 0 spiro atoms. The van der Waals surface area contributed by atoms with Gasteiger partial charge in [0.05, 0.1) is 18.6 Å². The zero-order chi connectivity index (χ0) is 22.5. The molecular weight excluding hydrogens is 410 g/mol. The second kappa shape index (κ2) is 8.95. The number of hydrogen-bond acceptors (Lipinski definition) is 8. The first kappa shape index (κ1) is 21.3. The molecule has 1 aromatic heterocycles. The number of nitrogens with zero attached hydrogens (tertiary/aromatic N) is 2. The number of nitro benzene ring substituents is 1. The average molecular weight is 427 g/mol. The number of nitro groups is 1. The van der Waals surface area contributed by atoms with Crippen LogP contribution in [0.25, 0.3) is 6.08 Å². The minimum atomic E-state index is -0.716. The lowest BCUT2D eigenvalue weighted by Gasteiger charge is -2.09. The highest BCUT2D eigenvalue weighted by Crippen LogP contribution is 2.28. The van der Waals surface area contributed by atoms with Crippen LogP contribution >= 0.6 is 0 Å². The van der Waals surface area contributed by atoms with E-state index in [-0.39, 0.29) is 47.4 Å². The van der Waals surface area contributed by atoms with E-state index >= 15 is 0 Å². The Hall–Kier alpha value is -4.41. The van der Waals surface area contributed by atoms with Crippen LogP contribution in [0.15, 0.2) is 53.1 Å². The topological polar surface area (TPSA) is 141 Å². The molecule has 0 radical (unpaired) electrons. The second-order valence-electron chi connectivity index (χ2n) is 6.22. The molecule has 0 bridgehead atoms. The summed E-state index contributed by atoms with van der Waals surface area (Å²) in [6.45, 7) is 3.45. The first-order valence-electron chi connectivity index (χ1n) is 8.87. The Kier molecular flexibility index (Phi) is 6.15. The van der Waals surface area contributed by atoms with Crippen LogP contribution in [-0.2, 0) is 16.1 Å². The third kappa shape index (κ3) is 4.61. The number of imide groups is 1. The molecule has 11 nitrogen and oxygen atoms in total. The van der Waals surface area contributed by atoms with Gasteiger partial charge in [-0.15, -0.1) is 0 Å². The fourth-order valence-corrected chi connectivity index (χ4v) is 2.74. The van der Waals surface area contributed by atoms with Gasteiger partial charge in [0.15, 0.2) is 0 Å². The number of esters is 1. The maximum Gasteiger partial charge on any atom is 0.373 e. The number of ether oxygens (including phenoxy) is 2. The summed E-state index contributed by atoms with van der Waals surface area (Å²) in [4.78, 5) is 47.9. The highest BCUT2D eigenvalue weighted by atomic mass is 16.6. The van der Waals surface area contributed by atoms with Crippen molar-refractivity contribution in [2.24, 2.45) is 0 Å². The van der Waals surface area contributed by atoms with E-state index in [0.29, 0.717) is 0 Å². The maximum absolute atomic E-state index is 12.7. The van der Waals surface area contributed by atoms with Crippen molar-refractivity contribution in [3.8, 4) is 5.75 Å². The van der Waals surface area contributed by atoms with Crippen LogP contribution in [0.1, 0.15) is 21.9 Å². The lowest BCUT2D eigenvalue weighted by atomic mass is 10.1. The van der Waals surface area contributed by atoms with Gasteiger partial charge in [-0.2, -0.15) is 0 Å². The number of non-ortho nitro benzene ring substituents is 1. The number of furan rings is 1. The van der Waals surface area contributed by atoms with E-state index in [0.717, 1.165) is 4.90 Å². The number of methoxy groups -OCH3 is 1. The molecule has 3 amide bonds. The molecular formula is C20H17N3O8. The smallest absolute Gasteiger partial charge is 0.373 e. The summed E-state index contributed by atoms with van der Waals surface area (Å²) >= 11 is 0. The molecule has 2 heterocycles. The normalized spacial score (nSPS) is 14.5. The average Bonchev–Trinajstić information content (AvgIpc) is 3.32. The van der Waals surface area contributed by atoms with Crippen molar-refractivity contribution in [1.29, 1.82) is 0 Å².